The SMILES string of the molecule is CC(C)C1CN(CCCC(F)(F)F)C(C2CC2)CN1. The Kier molecular flexibility index (Phi) is 4.77. The first-order valence-electron chi connectivity index (χ1n) is 7.41. The van der Waals surface area contributed by atoms with Crippen molar-refractivity contribution in [2.45, 2.75) is 57.8 Å². The first-order valence-corrected chi connectivity index (χ1v) is 7.41. The third kappa shape index (κ3) is 4.63. The van der Waals surface area contributed by atoms with Crippen molar-refractivity contribution >= 4 is 0 Å². The van der Waals surface area contributed by atoms with Gasteiger partial charge < -0.3 is 5.32 Å². The van der Waals surface area contributed by atoms with E-state index in [-0.39, 0.29) is 6.42 Å². The zero-order valence-corrected chi connectivity index (χ0v) is 11.8. The number of alkyl halides is 3. The largest absolute Gasteiger partial charge is 0.389 e. The highest BCUT2D eigenvalue weighted by Crippen LogP contribution is 2.37. The van der Waals surface area contributed by atoms with Gasteiger partial charge >= 0.3 is 6.18 Å². The third-order valence-electron chi connectivity index (χ3n) is 4.37. The maximum absolute atomic E-state index is 12.3. The molecule has 1 saturated carbocycles. The van der Waals surface area contributed by atoms with Crippen molar-refractivity contribution in [3.63, 3.8) is 0 Å². The second-order valence-electron chi connectivity index (χ2n) is 6.38. The zero-order chi connectivity index (χ0) is 14.0. The molecule has 19 heavy (non-hydrogen) atoms. The number of rotatable bonds is 5. The lowest BCUT2D eigenvalue weighted by atomic mass is 9.97. The molecular weight excluding hydrogens is 253 g/mol. The van der Waals surface area contributed by atoms with E-state index in [0.29, 0.717) is 30.5 Å². The summed E-state index contributed by atoms with van der Waals surface area (Å²) >= 11 is 0. The van der Waals surface area contributed by atoms with E-state index in [1.165, 1.54) is 12.8 Å². The molecule has 1 aliphatic carbocycles. The van der Waals surface area contributed by atoms with Gasteiger partial charge in [-0.05, 0) is 37.6 Å². The van der Waals surface area contributed by atoms with Crippen LogP contribution in [0.15, 0.2) is 0 Å². The number of halogens is 3. The van der Waals surface area contributed by atoms with E-state index in [0.717, 1.165) is 13.1 Å². The van der Waals surface area contributed by atoms with Gasteiger partial charge in [0, 0.05) is 31.6 Å². The second kappa shape index (κ2) is 6.00. The van der Waals surface area contributed by atoms with Crippen molar-refractivity contribution in [1.82, 2.24) is 10.2 Å². The molecule has 1 N–H and O–H groups in total. The molecule has 0 amide bonds. The van der Waals surface area contributed by atoms with E-state index in [4.69, 9.17) is 0 Å². The van der Waals surface area contributed by atoms with Gasteiger partial charge in [-0.25, -0.2) is 0 Å². The average molecular weight is 278 g/mol. The number of piperazine rings is 1. The standard InChI is InChI=1S/C14H25F3N2/c1-10(2)12-9-19(7-3-6-14(15,16)17)13(8-18-12)11-4-5-11/h10-13,18H,3-9H2,1-2H3. The summed E-state index contributed by atoms with van der Waals surface area (Å²) in [7, 11) is 0. The minimum Gasteiger partial charge on any atom is -0.311 e. The Morgan fingerprint density at radius 2 is 1.95 bits per heavy atom. The van der Waals surface area contributed by atoms with Crippen LogP contribution in [-0.2, 0) is 0 Å². The third-order valence-corrected chi connectivity index (χ3v) is 4.37. The van der Waals surface area contributed by atoms with Crippen LogP contribution in [0.5, 0.6) is 0 Å². The highest BCUT2D eigenvalue weighted by Gasteiger charge is 2.39. The maximum atomic E-state index is 12.3. The molecular formula is C14H25F3N2. The van der Waals surface area contributed by atoms with Crippen molar-refractivity contribution in [3.05, 3.63) is 0 Å². The van der Waals surface area contributed by atoms with Crippen molar-refractivity contribution in [1.29, 1.82) is 0 Å². The number of hydrogen-bond acceptors (Lipinski definition) is 2. The highest BCUT2D eigenvalue weighted by atomic mass is 19.4. The molecule has 0 aromatic rings. The molecule has 0 bridgehead atoms. The van der Waals surface area contributed by atoms with E-state index in [2.05, 4.69) is 24.1 Å². The van der Waals surface area contributed by atoms with Crippen molar-refractivity contribution < 1.29 is 13.2 Å². The molecule has 1 saturated heterocycles. The molecule has 0 aromatic carbocycles. The molecule has 2 unspecified atom stereocenters. The van der Waals surface area contributed by atoms with Gasteiger partial charge in [0.2, 0.25) is 0 Å². The van der Waals surface area contributed by atoms with Crippen LogP contribution in [0.2, 0.25) is 0 Å². The lowest BCUT2D eigenvalue weighted by molar-refractivity contribution is -0.136. The van der Waals surface area contributed by atoms with E-state index in [9.17, 15) is 13.2 Å². The molecule has 0 radical (unpaired) electrons. The second-order valence-corrected chi connectivity index (χ2v) is 6.38. The predicted octanol–water partition coefficient (Wildman–Crippen LogP) is 3.04. The molecule has 1 heterocycles. The molecule has 0 spiro atoms. The van der Waals surface area contributed by atoms with Gasteiger partial charge in [-0.3, -0.25) is 4.90 Å². The molecule has 2 fully saturated rings. The summed E-state index contributed by atoms with van der Waals surface area (Å²) in [6.07, 6.45) is -1.94. The zero-order valence-electron chi connectivity index (χ0n) is 11.8. The molecule has 0 aromatic heterocycles. The Morgan fingerprint density at radius 1 is 1.26 bits per heavy atom. The normalized spacial score (nSPS) is 30.0. The monoisotopic (exact) mass is 278 g/mol. The summed E-state index contributed by atoms with van der Waals surface area (Å²) in [5.74, 6) is 1.25. The van der Waals surface area contributed by atoms with Crippen LogP contribution in [-0.4, -0.2) is 42.8 Å². The first-order chi connectivity index (χ1) is 8.87. The molecule has 5 heteroatoms. The van der Waals surface area contributed by atoms with E-state index >= 15 is 0 Å². The molecule has 112 valence electrons. The van der Waals surface area contributed by atoms with E-state index < -0.39 is 12.6 Å². The summed E-state index contributed by atoms with van der Waals surface area (Å²) in [5.41, 5.74) is 0. The van der Waals surface area contributed by atoms with Crippen LogP contribution < -0.4 is 5.32 Å². The lowest BCUT2D eigenvalue weighted by Crippen LogP contribution is -2.59. The molecule has 1 aliphatic heterocycles. The lowest BCUT2D eigenvalue weighted by Gasteiger charge is -2.42. The van der Waals surface area contributed by atoms with E-state index in [1.54, 1.807) is 0 Å². The van der Waals surface area contributed by atoms with Crippen LogP contribution in [0, 0.1) is 11.8 Å². The predicted molar refractivity (Wildman–Crippen MR) is 70.0 cm³/mol. The fourth-order valence-electron chi connectivity index (χ4n) is 2.99. The molecule has 2 rings (SSSR count). The Balaban J connectivity index is 1.84. The Bertz CT molecular complexity index is 287. The summed E-state index contributed by atoms with van der Waals surface area (Å²) in [6, 6.07) is 0.879. The Hall–Kier alpha value is -0.290. The Labute approximate surface area is 113 Å². The van der Waals surface area contributed by atoms with Crippen LogP contribution in [0.3, 0.4) is 0 Å². The molecule has 2 atom stereocenters. The quantitative estimate of drug-likeness (QED) is 0.831. The van der Waals surface area contributed by atoms with Crippen molar-refractivity contribution in [3.8, 4) is 0 Å². The van der Waals surface area contributed by atoms with Crippen molar-refractivity contribution in [2.24, 2.45) is 11.8 Å². The fraction of sp³-hybridized carbons (Fsp3) is 1.00. The minimum absolute atomic E-state index is 0.234. The van der Waals surface area contributed by atoms with Crippen LogP contribution in [0.4, 0.5) is 13.2 Å². The summed E-state index contributed by atoms with van der Waals surface area (Å²) in [4.78, 5) is 2.31. The van der Waals surface area contributed by atoms with Gasteiger partial charge in [0.1, 0.15) is 0 Å². The van der Waals surface area contributed by atoms with Crippen LogP contribution in [0.25, 0.3) is 0 Å². The topological polar surface area (TPSA) is 15.3 Å². The van der Waals surface area contributed by atoms with E-state index in [1.807, 2.05) is 0 Å². The summed E-state index contributed by atoms with van der Waals surface area (Å²) in [5, 5.41) is 3.56. The Morgan fingerprint density at radius 3 is 2.47 bits per heavy atom. The molecule has 2 aliphatic rings. The summed E-state index contributed by atoms with van der Waals surface area (Å²) in [6.45, 7) is 6.77. The fourth-order valence-corrected chi connectivity index (χ4v) is 2.99. The number of nitrogens with one attached hydrogen (secondary N) is 1. The van der Waals surface area contributed by atoms with Gasteiger partial charge in [-0.15, -0.1) is 0 Å². The van der Waals surface area contributed by atoms with Gasteiger partial charge in [0.05, 0.1) is 0 Å². The van der Waals surface area contributed by atoms with Gasteiger partial charge in [0.25, 0.3) is 0 Å². The minimum atomic E-state index is -4.01. The maximum Gasteiger partial charge on any atom is 0.389 e. The first kappa shape index (κ1) is 15.1. The van der Waals surface area contributed by atoms with Gasteiger partial charge in [-0.1, -0.05) is 13.8 Å². The van der Waals surface area contributed by atoms with Crippen LogP contribution >= 0.6 is 0 Å². The number of nitrogens with zero attached hydrogens (tertiary/aromatic N) is 1. The highest BCUT2D eigenvalue weighted by molar-refractivity contribution is 4.95. The summed E-state index contributed by atoms with van der Waals surface area (Å²) < 4.78 is 36.8. The average Bonchev–Trinajstić information content (AvgIpc) is 3.11. The smallest absolute Gasteiger partial charge is 0.311 e. The van der Waals surface area contributed by atoms with Gasteiger partial charge in [0.15, 0.2) is 0 Å². The van der Waals surface area contributed by atoms with Gasteiger partial charge in [-0.2, -0.15) is 13.2 Å². The van der Waals surface area contributed by atoms with Crippen molar-refractivity contribution in [2.75, 3.05) is 19.6 Å². The number of hydrogen-bond donors (Lipinski definition) is 1. The van der Waals surface area contributed by atoms with Crippen LogP contribution in [0.1, 0.15) is 39.5 Å². The molecule has 2 nitrogen and oxygen atoms in total.